The molecule has 0 bridgehead atoms. The second-order valence-electron chi connectivity index (χ2n) is 3.44. The summed E-state index contributed by atoms with van der Waals surface area (Å²) in [7, 11) is -4.48. The zero-order valence-electron chi connectivity index (χ0n) is 9.36. The molecular formula is C6H7N7O5S. The van der Waals surface area contributed by atoms with Crippen LogP contribution in [0.15, 0.2) is 9.63 Å². The molecule has 0 aromatic rings. The Bertz CT molecular complexity index is 601. The van der Waals surface area contributed by atoms with E-state index in [1.54, 1.807) is 4.72 Å². The Kier molecular flexibility index (Phi) is 4.30. The lowest BCUT2D eigenvalue weighted by molar-refractivity contribution is -0.142. The Labute approximate surface area is 106 Å². The maximum absolute atomic E-state index is 11.5. The highest BCUT2D eigenvalue weighted by Gasteiger charge is 2.47. The number of cyclic esters (lactones) is 1. The van der Waals surface area contributed by atoms with Gasteiger partial charge in [-0.25, -0.2) is 8.42 Å². The fourth-order valence-electron chi connectivity index (χ4n) is 1.56. The number of carbonyl (C=O) groups is 2. The van der Waals surface area contributed by atoms with Gasteiger partial charge in [-0.05, 0) is 23.1 Å². The molecule has 0 saturated carbocycles. The third-order valence-electron chi connectivity index (χ3n) is 2.27. The van der Waals surface area contributed by atoms with E-state index in [9.17, 15) is 18.0 Å². The van der Waals surface area contributed by atoms with Crippen molar-refractivity contribution < 1.29 is 22.7 Å². The minimum absolute atomic E-state index is 0.982. The van der Waals surface area contributed by atoms with E-state index in [0.29, 0.717) is 0 Å². The molecule has 1 saturated heterocycles. The summed E-state index contributed by atoms with van der Waals surface area (Å²) in [5.74, 6) is -3.42. The van der Waals surface area contributed by atoms with Crippen LogP contribution in [0.5, 0.6) is 0 Å². The van der Waals surface area contributed by atoms with E-state index in [1.807, 2.05) is 0 Å². The van der Waals surface area contributed by atoms with Gasteiger partial charge in [0, 0.05) is 14.3 Å². The molecule has 0 aliphatic carbocycles. The number of amides is 1. The Morgan fingerprint density at radius 2 is 2.05 bits per heavy atom. The lowest BCUT2D eigenvalue weighted by Crippen LogP contribution is -2.44. The molecule has 19 heavy (non-hydrogen) atoms. The van der Waals surface area contributed by atoms with E-state index in [4.69, 9.17) is 11.1 Å². The molecule has 1 amide bonds. The van der Waals surface area contributed by atoms with Crippen molar-refractivity contribution in [3.8, 4) is 0 Å². The summed E-state index contributed by atoms with van der Waals surface area (Å²) in [6, 6.07) is -1.61. The van der Waals surface area contributed by atoms with Gasteiger partial charge in [0.1, 0.15) is 12.1 Å². The molecule has 0 radical (unpaired) electrons. The molecule has 13 heteroatoms. The van der Waals surface area contributed by atoms with Crippen LogP contribution in [0.3, 0.4) is 0 Å². The van der Waals surface area contributed by atoms with Crippen LogP contribution >= 0.6 is 0 Å². The zero-order valence-corrected chi connectivity index (χ0v) is 10.2. The van der Waals surface area contributed by atoms with Crippen molar-refractivity contribution in [3.63, 3.8) is 0 Å². The monoisotopic (exact) mass is 289 g/mol. The molecule has 0 aromatic heterocycles. The van der Waals surface area contributed by atoms with Crippen LogP contribution in [0, 0.1) is 5.92 Å². The normalized spacial score (nSPS) is 25.9. The van der Waals surface area contributed by atoms with E-state index in [1.165, 1.54) is 6.92 Å². The summed E-state index contributed by atoms with van der Waals surface area (Å²) < 4.78 is 31.2. The molecular weight excluding hydrogens is 282 g/mol. The van der Waals surface area contributed by atoms with Crippen molar-refractivity contribution in [3.05, 3.63) is 20.9 Å². The smallest absolute Gasteiger partial charge is 0.325 e. The summed E-state index contributed by atoms with van der Waals surface area (Å²) in [5.41, 5.74) is 16.2. The third-order valence-corrected chi connectivity index (χ3v) is 3.11. The predicted octanol–water partition coefficient (Wildman–Crippen LogP) is -0.102. The Hall–Kier alpha value is -2.33. The second kappa shape index (κ2) is 5.54. The maximum atomic E-state index is 11.5. The summed E-state index contributed by atoms with van der Waals surface area (Å²) in [6.07, 6.45) is -0.982. The standard InChI is InChI=1S/C6H7N7O5S/c1-2-3(5(14)9-11-7)4(6(15)18-2)10-19(16,17)13-12-8/h2-4,10H,1H3/t2-,3-,4-/m0/s1. The fourth-order valence-corrected chi connectivity index (χ4v) is 2.26. The summed E-state index contributed by atoms with van der Waals surface area (Å²) in [6.45, 7) is 1.33. The van der Waals surface area contributed by atoms with E-state index < -0.39 is 40.1 Å². The maximum Gasteiger partial charge on any atom is 0.325 e. The Balaban J connectivity index is 3.08. The van der Waals surface area contributed by atoms with Gasteiger partial charge < -0.3 is 4.74 Å². The Morgan fingerprint density at radius 1 is 1.42 bits per heavy atom. The first-order valence-corrected chi connectivity index (χ1v) is 6.14. The first kappa shape index (κ1) is 14.7. The van der Waals surface area contributed by atoms with Crippen LogP contribution in [-0.4, -0.2) is 32.4 Å². The molecule has 0 aromatic carbocycles. The molecule has 1 rings (SSSR count). The lowest BCUT2D eigenvalue weighted by Gasteiger charge is -2.14. The number of rotatable bonds is 4. The van der Waals surface area contributed by atoms with Gasteiger partial charge in [0.15, 0.2) is 0 Å². The number of hydrogen-bond donors (Lipinski definition) is 1. The number of hydrogen-bond acceptors (Lipinski definition) is 5. The molecule has 1 aliphatic rings. The average Bonchev–Trinajstić information content (AvgIpc) is 2.53. The van der Waals surface area contributed by atoms with Crippen LogP contribution in [0.1, 0.15) is 6.92 Å². The van der Waals surface area contributed by atoms with Crippen molar-refractivity contribution in [2.24, 2.45) is 15.6 Å². The van der Waals surface area contributed by atoms with E-state index in [2.05, 4.69) is 24.2 Å². The summed E-state index contributed by atoms with van der Waals surface area (Å²) in [4.78, 5) is 27.2. The van der Waals surface area contributed by atoms with Crippen molar-refractivity contribution in [2.45, 2.75) is 19.1 Å². The number of nitrogens with zero attached hydrogens (tertiary/aromatic N) is 6. The molecule has 0 unspecified atom stereocenters. The number of ether oxygens (including phenoxy) is 1. The highest BCUT2D eigenvalue weighted by molar-refractivity contribution is 7.88. The van der Waals surface area contributed by atoms with Gasteiger partial charge in [0.2, 0.25) is 5.91 Å². The zero-order chi connectivity index (χ0) is 14.6. The van der Waals surface area contributed by atoms with Crippen LogP contribution in [-0.2, 0) is 24.5 Å². The third kappa shape index (κ3) is 3.33. The summed E-state index contributed by atoms with van der Waals surface area (Å²) in [5, 5.41) is 2.79. The first-order chi connectivity index (χ1) is 8.82. The minimum atomic E-state index is -4.48. The van der Waals surface area contributed by atoms with Gasteiger partial charge in [-0.2, -0.15) is 4.72 Å². The number of nitrogens with one attached hydrogen (secondary N) is 1. The average molecular weight is 289 g/mol. The largest absolute Gasteiger partial charge is 0.461 e. The van der Waals surface area contributed by atoms with Crippen LogP contribution in [0.2, 0.25) is 0 Å². The highest BCUT2D eigenvalue weighted by atomic mass is 32.2. The van der Waals surface area contributed by atoms with Gasteiger partial charge >= 0.3 is 16.2 Å². The van der Waals surface area contributed by atoms with Crippen molar-refractivity contribution in [1.82, 2.24) is 4.72 Å². The van der Waals surface area contributed by atoms with E-state index in [-0.39, 0.29) is 0 Å². The number of azide groups is 2. The van der Waals surface area contributed by atoms with Gasteiger partial charge in [-0.3, -0.25) is 9.59 Å². The fraction of sp³-hybridized carbons (Fsp3) is 0.667. The van der Waals surface area contributed by atoms with Crippen molar-refractivity contribution >= 4 is 22.1 Å². The second-order valence-corrected chi connectivity index (χ2v) is 4.79. The molecule has 12 nitrogen and oxygen atoms in total. The molecule has 1 heterocycles. The molecule has 0 spiro atoms. The van der Waals surface area contributed by atoms with E-state index >= 15 is 0 Å². The van der Waals surface area contributed by atoms with Gasteiger partial charge in [0.25, 0.3) is 0 Å². The highest BCUT2D eigenvalue weighted by Crippen LogP contribution is 2.24. The summed E-state index contributed by atoms with van der Waals surface area (Å²) >= 11 is 0. The number of carbonyl (C=O) groups excluding carboxylic acids is 2. The lowest BCUT2D eigenvalue weighted by atomic mass is 9.98. The van der Waals surface area contributed by atoms with Crippen LogP contribution in [0.4, 0.5) is 0 Å². The van der Waals surface area contributed by atoms with E-state index in [0.717, 1.165) is 0 Å². The first-order valence-electron chi connectivity index (χ1n) is 4.70. The Morgan fingerprint density at radius 3 is 2.58 bits per heavy atom. The van der Waals surface area contributed by atoms with Gasteiger partial charge in [0.05, 0.1) is 5.92 Å². The van der Waals surface area contributed by atoms with Crippen molar-refractivity contribution in [2.75, 3.05) is 0 Å². The van der Waals surface area contributed by atoms with Gasteiger partial charge in [-0.1, -0.05) is 0 Å². The topological polar surface area (TPSA) is 187 Å². The number of esters is 1. The molecule has 3 atom stereocenters. The minimum Gasteiger partial charge on any atom is -0.461 e. The molecule has 1 aliphatic heterocycles. The van der Waals surface area contributed by atoms with Crippen molar-refractivity contribution in [1.29, 1.82) is 0 Å². The SMILES string of the molecule is C[C@@H]1OC(=O)[C@@H](NS(=O)(=O)N=[N+]=[N-])[C@H]1C(=O)N=[N+]=[N-]. The molecule has 102 valence electrons. The predicted molar refractivity (Wildman–Crippen MR) is 58.2 cm³/mol. The van der Waals surface area contributed by atoms with Gasteiger partial charge in [-0.15, -0.1) is 0 Å². The van der Waals surface area contributed by atoms with Crippen LogP contribution in [0.25, 0.3) is 20.9 Å². The quantitative estimate of drug-likeness (QED) is 0.326. The molecule has 1 fully saturated rings. The molecule has 1 N–H and O–H groups in total. The van der Waals surface area contributed by atoms with Crippen LogP contribution < -0.4 is 4.72 Å².